The zero-order valence-electron chi connectivity index (χ0n) is 16.7. The third kappa shape index (κ3) is 3.49. The SMILES string of the molecule is COc1ccc(C)cc1NC1=C(c2cccs2)C(=O)N(c2ccc(Cl)cc2C)C1=O. The molecule has 4 rings (SSSR count). The number of carbonyl (C=O) groups excluding carboxylic acids is 2. The van der Waals surface area contributed by atoms with Gasteiger partial charge in [0.25, 0.3) is 11.8 Å². The maximum absolute atomic E-state index is 13.5. The number of ether oxygens (including phenoxy) is 1. The van der Waals surface area contributed by atoms with Gasteiger partial charge >= 0.3 is 0 Å². The normalized spacial score (nSPS) is 13.9. The Morgan fingerprint density at radius 1 is 1.03 bits per heavy atom. The molecule has 3 aromatic rings. The molecule has 0 aliphatic carbocycles. The van der Waals surface area contributed by atoms with Crippen LogP contribution in [0.1, 0.15) is 16.0 Å². The molecule has 5 nitrogen and oxygen atoms in total. The predicted octanol–water partition coefficient (Wildman–Crippen LogP) is 5.42. The number of hydrogen-bond acceptors (Lipinski definition) is 5. The second kappa shape index (κ2) is 7.97. The van der Waals surface area contributed by atoms with Crippen LogP contribution in [0.25, 0.3) is 5.57 Å². The lowest BCUT2D eigenvalue weighted by atomic mass is 10.1. The molecule has 0 radical (unpaired) electrons. The Hall–Kier alpha value is -3.09. The lowest BCUT2D eigenvalue weighted by Gasteiger charge is -2.18. The molecule has 7 heteroatoms. The van der Waals surface area contributed by atoms with Gasteiger partial charge in [0.05, 0.1) is 24.1 Å². The second-order valence-electron chi connectivity index (χ2n) is 6.93. The number of nitrogens with one attached hydrogen (secondary N) is 1. The van der Waals surface area contributed by atoms with Crippen molar-refractivity contribution in [2.75, 3.05) is 17.3 Å². The quantitative estimate of drug-likeness (QED) is 0.540. The van der Waals surface area contributed by atoms with Gasteiger partial charge in [-0.1, -0.05) is 23.7 Å². The van der Waals surface area contributed by atoms with Gasteiger partial charge in [0, 0.05) is 9.90 Å². The summed E-state index contributed by atoms with van der Waals surface area (Å²) in [5, 5.41) is 5.60. The van der Waals surface area contributed by atoms with E-state index in [-0.39, 0.29) is 11.6 Å². The molecule has 30 heavy (non-hydrogen) atoms. The van der Waals surface area contributed by atoms with Gasteiger partial charge in [-0.3, -0.25) is 9.59 Å². The minimum Gasteiger partial charge on any atom is -0.495 e. The van der Waals surface area contributed by atoms with Crippen molar-refractivity contribution in [2.24, 2.45) is 0 Å². The van der Waals surface area contributed by atoms with Crippen molar-refractivity contribution >= 4 is 51.7 Å². The number of carbonyl (C=O) groups is 2. The van der Waals surface area contributed by atoms with Crippen molar-refractivity contribution in [1.29, 1.82) is 0 Å². The Kier molecular flexibility index (Phi) is 5.37. The van der Waals surface area contributed by atoms with E-state index in [9.17, 15) is 9.59 Å². The van der Waals surface area contributed by atoms with Crippen LogP contribution in [0.2, 0.25) is 5.02 Å². The lowest BCUT2D eigenvalue weighted by molar-refractivity contribution is -0.120. The summed E-state index contributed by atoms with van der Waals surface area (Å²) in [5.41, 5.74) is 3.44. The number of nitrogens with zero attached hydrogens (tertiary/aromatic N) is 1. The van der Waals surface area contributed by atoms with Gasteiger partial charge in [-0.05, 0) is 66.8 Å². The summed E-state index contributed by atoms with van der Waals surface area (Å²) in [4.78, 5) is 28.8. The molecule has 1 aromatic heterocycles. The summed E-state index contributed by atoms with van der Waals surface area (Å²) in [6, 6.07) is 14.4. The van der Waals surface area contributed by atoms with E-state index in [2.05, 4.69) is 5.32 Å². The Balaban J connectivity index is 1.84. The fourth-order valence-electron chi connectivity index (χ4n) is 3.44. The predicted molar refractivity (Wildman–Crippen MR) is 121 cm³/mol. The van der Waals surface area contributed by atoms with Crippen molar-refractivity contribution in [2.45, 2.75) is 13.8 Å². The number of aryl methyl sites for hydroxylation is 2. The number of benzene rings is 2. The molecule has 152 valence electrons. The van der Waals surface area contributed by atoms with Crippen LogP contribution in [-0.4, -0.2) is 18.9 Å². The Morgan fingerprint density at radius 3 is 2.50 bits per heavy atom. The van der Waals surface area contributed by atoms with Crippen LogP contribution in [0.4, 0.5) is 11.4 Å². The standard InChI is InChI=1S/C23H19ClN2O3S/c1-13-6-9-18(29-3)16(11-13)25-21-20(19-5-4-10-30-19)22(27)26(23(21)28)17-8-7-15(24)12-14(17)2/h4-12,25H,1-3H3. The van der Waals surface area contributed by atoms with Gasteiger partial charge < -0.3 is 10.1 Å². The van der Waals surface area contributed by atoms with Crippen molar-refractivity contribution in [3.05, 3.63) is 80.6 Å². The maximum Gasteiger partial charge on any atom is 0.282 e. The van der Waals surface area contributed by atoms with Crippen LogP contribution in [0, 0.1) is 13.8 Å². The van der Waals surface area contributed by atoms with Crippen LogP contribution < -0.4 is 15.0 Å². The van der Waals surface area contributed by atoms with Crippen LogP contribution in [0.3, 0.4) is 0 Å². The summed E-state index contributed by atoms with van der Waals surface area (Å²) >= 11 is 7.47. The summed E-state index contributed by atoms with van der Waals surface area (Å²) < 4.78 is 5.44. The fraction of sp³-hybridized carbons (Fsp3) is 0.130. The average molecular weight is 439 g/mol. The van der Waals surface area contributed by atoms with Gasteiger partial charge in [-0.2, -0.15) is 0 Å². The molecule has 0 saturated carbocycles. The first-order valence-electron chi connectivity index (χ1n) is 9.25. The summed E-state index contributed by atoms with van der Waals surface area (Å²) in [6.45, 7) is 3.77. The number of hydrogen-bond donors (Lipinski definition) is 1. The monoisotopic (exact) mass is 438 g/mol. The van der Waals surface area contributed by atoms with Crippen molar-refractivity contribution in [3.8, 4) is 5.75 Å². The largest absolute Gasteiger partial charge is 0.495 e. The number of anilines is 2. The zero-order chi connectivity index (χ0) is 21.4. The van der Waals surface area contributed by atoms with E-state index in [4.69, 9.17) is 16.3 Å². The topological polar surface area (TPSA) is 58.6 Å². The second-order valence-corrected chi connectivity index (χ2v) is 8.32. The summed E-state index contributed by atoms with van der Waals surface area (Å²) in [6.07, 6.45) is 0. The van der Waals surface area contributed by atoms with Gasteiger partial charge in [0.1, 0.15) is 11.4 Å². The molecule has 1 N–H and O–H groups in total. The highest BCUT2D eigenvalue weighted by Gasteiger charge is 2.41. The molecule has 0 spiro atoms. The van der Waals surface area contributed by atoms with E-state index < -0.39 is 5.91 Å². The van der Waals surface area contributed by atoms with E-state index in [1.165, 1.54) is 16.2 Å². The molecule has 2 aromatic carbocycles. The van der Waals surface area contributed by atoms with Crippen LogP contribution >= 0.6 is 22.9 Å². The van der Waals surface area contributed by atoms with Crippen molar-refractivity contribution < 1.29 is 14.3 Å². The van der Waals surface area contributed by atoms with E-state index in [1.54, 1.807) is 25.3 Å². The number of imide groups is 1. The van der Waals surface area contributed by atoms with Crippen LogP contribution in [0.5, 0.6) is 5.75 Å². The zero-order valence-corrected chi connectivity index (χ0v) is 18.2. The maximum atomic E-state index is 13.5. The molecule has 1 aliphatic rings. The van der Waals surface area contributed by atoms with E-state index in [0.29, 0.717) is 27.7 Å². The van der Waals surface area contributed by atoms with Crippen LogP contribution in [-0.2, 0) is 9.59 Å². The smallest absolute Gasteiger partial charge is 0.282 e. The molecule has 0 bridgehead atoms. The molecule has 0 fully saturated rings. The van der Waals surface area contributed by atoms with E-state index in [0.717, 1.165) is 16.0 Å². The number of thiophene rings is 1. The third-order valence-corrected chi connectivity index (χ3v) is 5.99. The first kappa shape index (κ1) is 20.2. The summed E-state index contributed by atoms with van der Waals surface area (Å²) in [7, 11) is 1.56. The minimum absolute atomic E-state index is 0.223. The molecule has 2 heterocycles. The van der Waals surface area contributed by atoms with Crippen molar-refractivity contribution in [1.82, 2.24) is 0 Å². The van der Waals surface area contributed by atoms with E-state index >= 15 is 0 Å². The van der Waals surface area contributed by atoms with Gasteiger partial charge in [0.15, 0.2) is 0 Å². The number of halogens is 1. The third-order valence-electron chi connectivity index (χ3n) is 4.87. The highest BCUT2D eigenvalue weighted by Crippen LogP contribution is 2.38. The highest BCUT2D eigenvalue weighted by atomic mass is 35.5. The molecular weight excluding hydrogens is 420 g/mol. The molecule has 1 aliphatic heterocycles. The number of methoxy groups -OCH3 is 1. The Bertz CT molecular complexity index is 1190. The summed E-state index contributed by atoms with van der Waals surface area (Å²) in [5.74, 6) is -0.209. The molecule has 0 unspecified atom stereocenters. The number of amides is 2. The van der Waals surface area contributed by atoms with Crippen LogP contribution in [0.15, 0.2) is 59.6 Å². The Morgan fingerprint density at radius 2 is 1.83 bits per heavy atom. The number of rotatable bonds is 5. The van der Waals surface area contributed by atoms with Gasteiger partial charge in [-0.25, -0.2) is 4.90 Å². The lowest BCUT2D eigenvalue weighted by Crippen LogP contribution is -2.33. The highest BCUT2D eigenvalue weighted by molar-refractivity contribution is 7.11. The molecule has 0 atom stereocenters. The molecule has 0 saturated heterocycles. The van der Waals surface area contributed by atoms with Gasteiger partial charge in [-0.15, -0.1) is 11.3 Å². The first-order valence-corrected chi connectivity index (χ1v) is 10.5. The molecule has 2 amide bonds. The van der Waals surface area contributed by atoms with Crippen molar-refractivity contribution in [3.63, 3.8) is 0 Å². The molecular formula is C23H19ClN2O3S. The first-order chi connectivity index (χ1) is 14.4. The average Bonchev–Trinajstić information content (AvgIpc) is 3.30. The van der Waals surface area contributed by atoms with E-state index in [1.807, 2.05) is 49.6 Å². The minimum atomic E-state index is -0.419. The van der Waals surface area contributed by atoms with Gasteiger partial charge in [0.2, 0.25) is 0 Å². The fourth-order valence-corrected chi connectivity index (χ4v) is 4.43. The Labute approximate surface area is 183 Å².